The lowest BCUT2D eigenvalue weighted by molar-refractivity contribution is 0.00378. The van der Waals surface area contributed by atoms with E-state index in [1.807, 2.05) is 12.1 Å². The van der Waals surface area contributed by atoms with Crippen LogP contribution in [0.5, 0.6) is 0 Å². The predicted molar refractivity (Wildman–Crippen MR) is 77.7 cm³/mol. The van der Waals surface area contributed by atoms with Crippen molar-refractivity contribution in [1.29, 1.82) is 0 Å². The van der Waals surface area contributed by atoms with Gasteiger partial charge in [-0.3, -0.25) is 4.98 Å². The lowest BCUT2D eigenvalue weighted by Gasteiger charge is -2.28. The van der Waals surface area contributed by atoms with Crippen LogP contribution >= 0.6 is 11.6 Å². The highest BCUT2D eigenvalue weighted by atomic mass is 35.5. The SMILES string of the molecule is OC(CC1OCCc2ccccc21)c1ccncc1Cl. The lowest BCUT2D eigenvalue weighted by Crippen LogP contribution is -2.18. The molecular weight excluding hydrogens is 274 g/mol. The molecule has 0 saturated carbocycles. The van der Waals surface area contributed by atoms with Crippen LogP contribution in [0.2, 0.25) is 5.02 Å². The van der Waals surface area contributed by atoms with Gasteiger partial charge in [0.2, 0.25) is 0 Å². The summed E-state index contributed by atoms with van der Waals surface area (Å²) in [5.41, 5.74) is 3.17. The van der Waals surface area contributed by atoms with Gasteiger partial charge >= 0.3 is 0 Å². The molecule has 2 heterocycles. The molecule has 0 spiro atoms. The number of aliphatic hydroxyl groups is 1. The van der Waals surface area contributed by atoms with Crippen LogP contribution in [0.15, 0.2) is 42.7 Å². The Morgan fingerprint density at radius 2 is 2.20 bits per heavy atom. The van der Waals surface area contributed by atoms with Crippen molar-refractivity contribution in [3.8, 4) is 0 Å². The number of pyridine rings is 1. The summed E-state index contributed by atoms with van der Waals surface area (Å²) < 4.78 is 5.82. The van der Waals surface area contributed by atoms with Crippen LogP contribution in [-0.4, -0.2) is 16.7 Å². The van der Waals surface area contributed by atoms with E-state index in [1.54, 1.807) is 18.5 Å². The molecule has 3 nitrogen and oxygen atoms in total. The second-order valence-corrected chi connectivity index (χ2v) is 5.36. The zero-order chi connectivity index (χ0) is 13.9. The molecular formula is C16H16ClNO2. The molecule has 1 aliphatic rings. The summed E-state index contributed by atoms with van der Waals surface area (Å²) in [6.07, 6.45) is 3.89. The summed E-state index contributed by atoms with van der Waals surface area (Å²) in [6, 6.07) is 9.99. The summed E-state index contributed by atoms with van der Waals surface area (Å²) in [6.45, 7) is 0.693. The normalized spacial score (nSPS) is 19.4. The molecule has 104 valence electrons. The van der Waals surface area contributed by atoms with Gasteiger partial charge in [-0.05, 0) is 23.6 Å². The summed E-state index contributed by atoms with van der Waals surface area (Å²) in [5, 5.41) is 10.9. The molecule has 3 rings (SSSR count). The van der Waals surface area contributed by atoms with Gasteiger partial charge in [-0.25, -0.2) is 0 Å². The maximum Gasteiger partial charge on any atom is 0.0855 e. The summed E-state index contributed by atoms with van der Waals surface area (Å²) in [5.74, 6) is 0. The zero-order valence-corrected chi connectivity index (χ0v) is 11.8. The molecule has 2 unspecified atom stereocenters. The van der Waals surface area contributed by atoms with E-state index in [2.05, 4.69) is 17.1 Å². The van der Waals surface area contributed by atoms with E-state index in [4.69, 9.17) is 16.3 Å². The molecule has 0 aliphatic carbocycles. The second kappa shape index (κ2) is 5.92. The quantitative estimate of drug-likeness (QED) is 0.941. The average molecular weight is 290 g/mol. The van der Waals surface area contributed by atoms with Crippen LogP contribution < -0.4 is 0 Å². The van der Waals surface area contributed by atoms with Crippen molar-refractivity contribution in [3.05, 3.63) is 64.4 Å². The number of aliphatic hydroxyl groups excluding tert-OH is 1. The van der Waals surface area contributed by atoms with Crippen LogP contribution in [0.3, 0.4) is 0 Å². The largest absolute Gasteiger partial charge is 0.388 e. The predicted octanol–water partition coefficient (Wildman–Crippen LogP) is 3.47. The average Bonchev–Trinajstić information content (AvgIpc) is 2.48. The Balaban J connectivity index is 1.81. The fraction of sp³-hybridized carbons (Fsp3) is 0.312. The van der Waals surface area contributed by atoms with Crippen molar-refractivity contribution >= 4 is 11.6 Å². The van der Waals surface area contributed by atoms with Crippen LogP contribution in [0, 0.1) is 0 Å². The molecule has 0 radical (unpaired) electrons. The van der Waals surface area contributed by atoms with Gasteiger partial charge in [0.1, 0.15) is 0 Å². The Morgan fingerprint density at radius 3 is 3.05 bits per heavy atom. The minimum atomic E-state index is -0.651. The highest BCUT2D eigenvalue weighted by Gasteiger charge is 2.24. The highest BCUT2D eigenvalue weighted by molar-refractivity contribution is 6.31. The first-order valence-corrected chi connectivity index (χ1v) is 7.10. The van der Waals surface area contributed by atoms with Gasteiger partial charge in [0.05, 0.1) is 23.8 Å². The first kappa shape index (κ1) is 13.6. The fourth-order valence-corrected chi connectivity index (χ4v) is 2.90. The second-order valence-electron chi connectivity index (χ2n) is 4.96. The van der Waals surface area contributed by atoms with Gasteiger partial charge in [0.15, 0.2) is 0 Å². The molecule has 0 amide bonds. The van der Waals surface area contributed by atoms with E-state index < -0.39 is 6.10 Å². The number of hydrogen-bond acceptors (Lipinski definition) is 3. The molecule has 0 saturated heterocycles. The van der Waals surface area contributed by atoms with Gasteiger partial charge in [-0.2, -0.15) is 0 Å². The van der Waals surface area contributed by atoms with E-state index >= 15 is 0 Å². The van der Waals surface area contributed by atoms with E-state index in [1.165, 1.54) is 11.1 Å². The van der Waals surface area contributed by atoms with Gasteiger partial charge in [0, 0.05) is 24.4 Å². The highest BCUT2D eigenvalue weighted by Crippen LogP contribution is 2.35. The molecule has 1 N–H and O–H groups in total. The van der Waals surface area contributed by atoms with Gasteiger partial charge in [-0.15, -0.1) is 0 Å². The first-order chi connectivity index (χ1) is 9.75. The van der Waals surface area contributed by atoms with Crippen molar-refractivity contribution in [1.82, 2.24) is 4.98 Å². The van der Waals surface area contributed by atoms with E-state index in [9.17, 15) is 5.11 Å². The topological polar surface area (TPSA) is 42.4 Å². The molecule has 1 aromatic heterocycles. The van der Waals surface area contributed by atoms with Crippen molar-refractivity contribution in [2.24, 2.45) is 0 Å². The van der Waals surface area contributed by atoms with E-state index in [0.29, 0.717) is 23.6 Å². The number of fused-ring (bicyclic) bond motifs is 1. The molecule has 1 aliphatic heterocycles. The minimum absolute atomic E-state index is 0.0841. The molecule has 2 aromatic rings. The van der Waals surface area contributed by atoms with Crippen LogP contribution in [0.4, 0.5) is 0 Å². The van der Waals surface area contributed by atoms with Crippen molar-refractivity contribution in [3.63, 3.8) is 0 Å². The van der Waals surface area contributed by atoms with Gasteiger partial charge < -0.3 is 9.84 Å². The zero-order valence-electron chi connectivity index (χ0n) is 11.0. The van der Waals surface area contributed by atoms with Crippen LogP contribution in [0.1, 0.15) is 35.3 Å². The van der Waals surface area contributed by atoms with Gasteiger partial charge in [0.25, 0.3) is 0 Å². The molecule has 2 atom stereocenters. The van der Waals surface area contributed by atoms with Crippen LogP contribution in [0.25, 0.3) is 0 Å². The number of aromatic nitrogens is 1. The summed E-state index contributed by atoms with van der Waals surface area (Å²) in [7, 11) is 0. The lowest BCUT2D eigenvalue weighted by atomic mass is 9.93. The van der Waals surface area contributed by atoms with E-state index in [-0.39, 0.29) is 6.10 Å². The third-order valence-corrected chi connectivity index (χ3v) is 4.01. The molecule has 20 heavy (non-hydrogen) atoms. The minimum Gasteiger partial charge on any atom is -0.388 e. The maximum atomic E-state index is 10.4. The Bertz CT molecular complexity index is 603. The fourth-order valence-electron chi connectivity index (χ4n) is 2.66. The van der Waals surface area contributed by atoms with Gasteiger partial charge in [-0.1, -0.05) is 35.9 Å². The summed E-state index contributed by atoms with van der Waals surface area (Å²) >= 11 is 6.07. The molecule has 0 fully saturated rings. The standard InChI is InChI=1S/C16H16ClNO2/c17-14-10-18-7-5-13(14)15(19)9-16-12-4-2-1-3-11(12)6-8-20-16/h1-5,7,10,15-16,19H,6,8-9H2. The monoisotopic (exact) mass is 289 g/mol. The molecule has 1 aromatic carbocycles. The van der Waals surface area contributed by atoms with Crippen LogP contribution in [-0.2, 0) is 11.2 Å². The van der Waals surface area contributed by atoms with Crippen molar-refractivity contribution in [2.45, 2.75) is 25.0 Å². The Morgan fingerprint density at radius 1 is 1.35 bits per heavy atom. The van der Waals surface area contributed by atoms with Crippen molar-refractivity contribution < 1.29 is 9.84 Å². The third-order valence-electron chi connectivity index (χ3n) is 3.69. The molecule has 4 heteroatoms. The van der Waals surface area contributed by atoms with E-state index in [0.717, 1.165) is 6.42 Å². The summed E-state index contributed by atoms with van der Waals surface area (Å²) in [4.78, 5) is 3.94. The first-order valence-electron chi connectivity index (χ1n) is 6.72. The Hall–Kier alpha value is -1.42. The number of hydrogen-bond donors (Lipinski definition) is 1. The number of nitrogens with zero attached hydrogens (tertiary/aromatic N) is 1. The molecule has 0 bridgehead atoms. The van der Waals surface area contributed by atoms with Crippen molar-refractivity contribution in [2.75, 3.05) is 6.61 Å². The number of rotatable bonds is 3. The third kappa shape index (κ3) is 2.70. The number of ether oxygens (including phenoxy) is 1. The smallest absolute Gasteiger partial charge is 0.0855 e. The maximum absolute atomic E-state index is 10.4. The Kier molecular flexibility index (Phi) is 4.01. The Labute approximate surface area is 123 Å². The number of halogens is 1. The number of benzene rings is 1.